The zero-order valence-electron chi connectivity index (χ0n) is 23.3. The SMILES string of the molecule is CC(C)(C)OC(=O)N1C2CCC1CN(c1nc(OC[C@@]34CCCN3C[C@H](F)C4)nc3c(Cl)c(Br)c(C(F)F)cc13)C2. The van der Waals surface area contributed by atoms with Crippen LogP contribution in [0.4, 0.5) is 23.8 Å². The predicted molar refractivity (Wildman–Crippen MR) is 153 cm³/mol. The smallest absolute Gasteiger partial charge is 0.410 e. The fourth-order valence-corrected chi connectivity index (χ4v) is 7.72. The van der Waals surface area contributed by atoms with Crippen molar-refractivity contribution in [2.45, 2.75) is 88.7 Å². The van der Waals surface area contributed by atoms with Gasteiger partial charge < -0.3 is 14.4 Å². The van der Waals surface area contributed by atoms with Gasteiger partial charge in [0.25, 0.3) is 6.43 Å². The van der Waals surface area contributed by atoms with Gasteiger partial charge in [0.05, 0.1) is 28.2 Å². The number of halogens is 5. The number of rotatable bonds is 5. The minimum atomic E-state index is -2.77. The second-order valence-electron chi connectivity index (χ2n) is 12.7. The van der Waals surface area contributed by atoms with Gasteiger partial charge in [0.1, 0.15) is 24.2 Å². The number of piperazine rings is 1. The molecule has 5 heterocycles. The molecule has 4 fully saturated rings. The van der Waals surface area contributed by atoms with Crippen LogP contribution < -0.4 is 9.64 Å². The second kappa shape index (κ2) is 10.6. The summed E-state index contributed by atoms with van der Waals surface area (Å²) in [6.07, 6.45) is -0.230. The van der Waals surface area contributed by atoms with E-state index in [0.29, 0.717) is 42.8 Å². The van der Waals surface area contributed by atoms with Crippen LogP contribution in [0.5, 0.6) is 6.01 Å². The number of benzene rings is 1. The molecular weight excluding hydrogens is 627 g/mol. The number of hydrogen-bond acceptors (Lipinski definition) is 7. The molecule has 1 amide bonds. The molecule has 13 heteroatoms. The molecule has 8 nitrogen and oxygen atoms in total. The number of amides is 1. The van der Waals surface area contributed by atoms with Gasteiger partial charge in [-0.05, 0) is 75.0 Å². The number of carbonyl (C=O) groups excluding carboxylic acids is 1. The average molecular weight is 661 g/mol. The van der Waals surface area contributed by atoms with Gasteiger partial charge in [-0.1, -0.05) is 11.6 Å². The zero-order valence-corrected chi connectivity index (χ0v) is 25.7. The zero-order chi connectivity index (χ0) is 29.3. The Balaban J connectivity index is 1.35. The monoisotopic (exact) mass is 659 g/mol. The van der Waals surface area contributed by atoms with E-state index in [0.717, 1.165) is 32.2 Å². The van der Waals surface area contributed by atoms with Crippen LogP contribution in [-0.4, -0.2) is 88.0 Å². The molecule has 4 aliphatic rings. The lowest BCUT2D eigenvalue weighted by Gasteiger charge is -2.42. The van der Waals surface area contributed by atoms with Crippen LogP contribution in [0.3, 0.4) is 0 Å². The van der Waals surface area contributed by atoms with Crippen LogP contribution in [-0.2, 0) is 4.74 Å². The number of hydrogen-bond donors (Lipinski definition) is 0. The first-order chi connectivity index (χ1) is 19.3. The van der Waals surface area contributed by atoms with Crippen LogP contribution in [0.25, 0.3) is 10.9 Å². The summed E-state index contributed by atoms with van der Waals surface area (Å²) in [5, 5.41) is 0.434. The van der Waals surface area contributed by atoms with E-state index in [1.54, 1.807) is 4.90 Å². The Bertz CT molecular complexity index is 1350. The Labute approximate surface area is 250 Å². The van der Waals surface area contributed by atoms with Crippen molar-refractivity contribution < 1.29 is 27.4 Å². The lowest BCUT2D eigenvalue weighted by molar-refractivity contribution is 0.0122. The fourth-order valence-electron chi connectivity index (χ4n) is 6.99. The number of anilines is 1. The molecule has 2 aromatic rings. The molecule has 2 unspecified atom stereocenters. The van der Waals surface area contributed by atoms with Crippen LogP contribution in [0.2, 0.25) is 5.02 Å². The van der Waals surface area contributed by atoms with E-state index in [2.05, 4.69) is 25.8 Å². The number of fused-ring (bicyclic) bond motifs is 4. The third-order valence-corrected chi connectivity index (χ3v) is 10.2. The van der Waals surface area contributed by atoms with E-state index in [9.17, 15) is 18.0 Å². The topological polar surface area (TPSA) is 71.0 Å². The van der Waals surface area contributed by atoms with Gasteiger partial charge in [0.2, 0.25) is 0 Å². The van der Waals surface area contributed by atoms with Crippen molar-refractivity contribution in [2.75, 3.05) is 37.7 Å². The Morgan fingerprint density at radius 3 is 2.59 bits per heavy atom. The van der Waals surface area contributed by atoms with Gasteiger partial charge in [0, 0.05) is 41.5 Å². The molecule has 41 heavy (non-hydrogen) atoms. The summed E-state index contributed by atoms with van der Waals surface area (Å²) in [5.74, 6) is 0.428. The lowest BCUT2D eigenvalue weighted by atomic mass is 9.95. The molecule has 1 aromatic heterocycles. The minimum Gasteiger partial charge on any atom is -0.461 e. The molecule has 0 N–H and O–H groups in total. The van der Waals surface area contributed by atoms with Crippen molar-refractivity contribution in [3.05, 3.63) is 21.1 Å². The maximum Gasteiger partial charge on any atom is 0.410 e. The van der Waals surface area contributed by atoms with Crippen molar-refractivity contribution in [2.24, 2.45) is 0 Å². The minimum absolute atomic E-state index is 0.0482. The van der Waals surface area contributed by atoms with Gasteiger partial charge in [-0.15, -0.1) is 0 Å². The molecule has 6 rings (SSSR count). The Morgan fingerprint density at radius 2 is 1.93 bits per heavy atom. The molecule has 0 aliphatic carbocycles. The standard InChI is InChI=1S/C28H34BrClF3N5O3/c1-27(2,3)41-26(39)38-16-5-6-17(38)13-36(12-16)24-19-9-18(23(32)33)20(29)21(30)22(19)34-25(35-24)40-14-28-7-4-8-37(28)11-15(31)10-28/h9,15-17,23H,4-8,10-14H2,1-3H3/t15-,16?,17?,28+/m1/s1. The molecule has 4 atom stereocenters. The molecule has 1 aromatic carbocycles. The fraction of sp³-hybridized carbons (Fsp3) is 0.679. The summed E-state index contributed by atoms with van der Waals surface area (Å²) in [7, 11) is 0. The van der Waals surface area contributed by atoms with E-state index in [1.807, 2.05) is 25.7 Å². The van der Waals surface area contributed by atoms with Gasteiger partial charge in [0.15, 0.2) is 0 Å². The van der Waals surface area contributed by atoms with Gasteiger partial charge in [-0.2, -0.15) is 9.97 Å². The van der Waals surface area contributed by atoms with E-state index < -0.39 is 23.7 Å². The first-order valence-electron chi connectivity index (χ1n) is 14.1. The van der Waals surface area contributed by atoms with Crippen LogP contribution in [0.15, 0.2) is 10.5 Å². The third kappa shape index (κ3) is 5.33. The van der Waals surface area contributed by atoms with Gasteiger partial charge >= 0.3 is 12.1 Å². The number of alkyl halides is 3. The number of nitrogens with zero attached hydrogens (tertiary/aromatic N) is 5. The van der Waals surface area contributed by atoms with Gasteiger partial charge in [-0.25, -0.2) is 18.0 Å². The molecule has 224 valence electrons. The maximum absolute atomic E-state index is 14.3. The summed E-state index contributed by atoms with van der Waals surface area (Å²) in [4.78, 5) is 28.3. The van der Waals surface area contributed by atoms with Crippen molar-refractivity contribution in [3.8, 4) is 6.01 Å². The third-order valence-electron chi connectivity index (χ3n) is 8.71. The van der Waals surface area contributed by atoms with Crippen LogP contribution in [0, 0.1) is 0 Å². The molecule has 4 aliphatic heterocycles. The predicted octanol–water partition coefficient (Wildman–Crippen LogP) is 6.53. The maximum atomic E-state index is 14.3. The van der Waals surface area contributed by atoms with E-state index in [4.69, 9.17) is 26.1 Å². The first kappa shape index (κ1) is 29.0. The van der Waals surface area contributed by atoms with E-state index >= 15 is 0 Å². The largest absolute Gasteiger partial charge is 0.461 e. The normalized spacial score (nSPS) is 28.2. The number of ether oxygens (including phenoxy) is 2. The highest BCUT2D eigenvalue weighted by molar-refractivity contribution is 9.10. The Hall–Kier alpha value is -2.05. The van der Waals surface area contributed by atoms with Crippen molar-refractivity contribution in [1.29, 1.82) is 0 Å². The second-order valence-corrected chi connectivity index (χ2v) is 13.8. The van der Waals surface area contributed by atoms with E-state index in [1.165, 1.54) is 6.07 Å². The molecule has 4 saturated heterocycles. The number of carbonyl (C=O) groups is 1. The van der Waals surface area contributed by atoms with E-state index in [-0.39, 0.29) is 45.9 Å². The lowest BCUT2D eigenvalue weighted by Crippen LogP contribution is -2.57. The summed E-state index contributed by atoms with van der Waals surface area (Å²) in [5.41, 5.74) is -0.980. The summed E-state index contributed by atoms with van der Waals surface area (Å²) >= 11 is 9.84. The number of aromatic nitrogens is 2. The molecule has 2 bridgehead atoms. The molecular formula is C28H34BrClF3N5O3. The van der Waals surface area contributed by atoms with Crippen molar-refractivity contribution in [1.82, 2.24) is 19.8 Å². The quantitative estimate of drug-likeness (QED) is 0.362. The first-order valence-corrected chi connectivity index (χ1v) is 15.3. The summed E-state index contributed by atoms with van der Waals surface area (Å²) < 4.78 is 54.2. The Morgan fingerprint density at radius 1 is 1.22 bits per heavy atom. The van der Waals surface area contributed by atoms with Crippen LogP contribution >= 0.6 is 27.5 Å². The van der Waals surface area contributed by atoms with Crippen LogP contribution in [0.1, 0.15) is 64.9 Å². The Kier molecular flexibility index (Phi) is 7.50. The summed E-state index contributed by atoms with van der Waals surface area (Å²) in [6.45, 7) is 7.85. The van der Waals surface area contributed by atoms with Crippen molar-refractivity contribution >= 4 is 50.3 Å². The average Bonchev–Trinajstić information content (AvgIpc) is 3.50. The molecule has 0 spiro atoms. The highest BCUT2D eigenvalue weighted by atomic mass is 79.9. The highest BCUT2D eigenvalue weighted by Gasteiger charge is 2.50. The van der Waals surface area contributed by atoms with Crippen molar-refractivity contribution in [3.63, 3.8) is 0 Å². The highest BCUT2D eigenvalue weighted by Crippen LogP contribution is 2.44. The van der Waals surface area contributed by atoms with Gasteiger partial charge in [-0.3, -0.25) is 9.80 Å². The summed E-state index contributed by atoms with van der Waals surface area (Å²) in [6, 6.07) is 1.20. The molecule has 0 radical (unpaired) electrons. The molecule has 0 saturated carbocycles.